The maximum Gasteiger partial charge on any atom is 0.416 e. The number of nitrogens with one attached hydrogen (secondary N) is 1. The van der Waals surface area contributed by atoms with E-state index in [1.54, 1.807) is 12.1 Å². The van der Waals surface area contributed by atoms with Gasteiger partial charge in [-0.3, -0.25) is 4.79 Å². The number of pyridine rings is 1. The summed E-state index contributed by atoms with van der Waals surface area (Å²) in [5.41, 5.74) is 3.49. The van der Waals surface area contributed by atoms with Gasteiger partial charge in [0.05, 0.1) is 5.56 Å². The molecule has 0 spiro atoms. The van der Waals surface area contributed by atoms with Gasteiger partial charge in [0.2, 0.25) is 0 Å². The highest BCUT2D eigenvalue weighted by Crippen LogP contribution is 2.36. The Balaban J connectivity index is 1.23. The maximum absolute atomic E-state index is 13.0. The molecule has 218 valence electrons. The molecular weight excluding hydrogens is 523 g/mol. The first-order chi connectivity index (χ1) is 19.8. The zero-order chi connectivity index (χ0) is 28.8. The van der Waals surface area contributed by atoms with E-state index in [0.29, 0.717) is 30.7 Å². The van der Waals surface area contributed by atoms with Crippen molar-refractivity contribution in [2.45, 2.75) is 76.9 Å². The number of anilines is 2. The van der Waals surface area contributed by atoms with Gasteiger partial charge in [-0.2, -0.15) is 13.2 Å². The fourth-order valence-corrected chi connectivity index (χ4v) is 6.55. The molecule has 1 aliphatic heterocycles. The molecule has 0 amide bonds. The van der Waals surface area contributed by atoms with Gasteiger partial charge in [0, 0.05) is 43.9 Å². The number of benzene rings is 2. The molecular formula is C34H40F3N3O. The first-order valence-electron chi connectivity index (χ1n) is 15.0. The molecule has 1 aliphatic carbocycles. The number of aromatic nitrogens is 1. The Morgan fingerprint density at radius 3 is 2.54 bits per heavy atom. The van der Waals surface area contributed by atoms with Crippen LogP contribution in [0.4, 0.5) is 24.7 Å². The number of nitrogens with zero attached hydrogens (tertiary/aromatic N) is 2. The van der Waals surface area contributed by atoms with Crippen LogP contribution in [0.1, 0.15) is 69.4 Å². The Morgan fingerprint density at radius 2 is 1.76 bits per heavy atom. The van der Waals surface area contributed by atoms with Gasteiger partial charge in [-0.1, -0.05) is 44.0 Å². The van der Waals surface area contributed by atoms with Crippen LogP contribution in [-0.4, -0.2) is 29.9 Å². The zero-order valence-electron chi connectivity index (χ0n) is 23.8. The molecule has 7 heteroatoms. The highest BCUT2D eigenvalue weighted by molar-refractivity contribution is 5.81. The Hall–Kier alpha value is -3.35. The van der Waals surface area contributed by atoms with E-state index in [1.165, 1.54) is 31.4 Å². The van der Waals surface area contributed by atoms with Gasteiger partial charge in [0.15, 0.2) is 0 Å². The number of alkyl halides is 3. The average Bonchev–Trinajstić information content (AvgIpc) is 2.98. The van der Waals surface area contributed by atoms with E-state index in [1.807, 2.05) is 31.3 Å². The lowest BCUT2D eigenvalue weighted by Gasteiger charge is -2.39. The summed E-state index contributed by atoms with van der Waals surface area (Å²) in [6.45, 7) is 3.67. The van der Waals surface area contributed by atoms with Gasteiger partial charge < -0.3 is 10.2 Å². The molecule has 2 fully saturated rings. The number of hydrogen-bond donors (Lipinski definition) is 1. The summed E-state index contributed by atoms with van der Waals surface area (Å²) in [5, 5.41) is 3.76. The Kier molecular flexibility index (Phi) is 9.31. The second-order valence-corrected chi connectivity index (χ2v) is 11.7. The fourth-order valence-electron chi connectivity index (χ4n) is 6.55. The average molecular weight is 564 g/mol. The van der Waals surface area contributed by atoms with E-state index >= 15 is 0 Å². The van der Waals surface area contributed by atoms with E-state index in [-0.39, 0.29) is 5.78 Å². The SMILES string of the molecule is CCC(=O)Cc1cccc(-c2ccnc(N[C@@H]3CCCC[C@H]3C[C@H]3CCCN(c4ccc(C(F)(F)F)cc4)C3)c2)c1. The van der Waals surface area contributed by atoms with Gasteiger partial charge in [0.1, 0.15) is 11.6 Å². The predicted molar refractivity (Wildman–Crippen MR) is 159 cm³/mol. The number of Topliss-reactive ketones (excluding diaryl/α,β-unsaturated/α-hetero) is 1. The summed E-state index contributed by atoms with van der Waals surface area (Å²) in [7, 11) is 0. The van der Waals surface area contributed by atoms with Crippen LogP contribution < -0.4 is 10.2 Å². The monoisotopic (exact) mass is 563 g/mol. The summed E-state index contributed by atoms with van der Waals surface area (Å²) in [6.07, 6.45) is 6.60. The lowest BCUT2D eigenvalue weighted by atomic mass is 9.77. The molecule has 3 aromatic rings. The normalized spacial score (nSPS) is 21.5. The van der Waals surface area contributed by atoms with Crippen molar-refractivity contribution in [1.82, 2.24) is 4.98 Å². The molecule has 2 aromatic carbocycles. The molecule has 1 N–H and O–H groups in total. The minimum absolute atomic E-state index is 0.239. The maximum atomic E-state index is 13.0. The zero-order valence-corrected chi connectivity index (χ0v) is 23.8. The summed E-state index contributed by atoms with van der Waals surface area (Å²) in [4.78, 5) is 18.9. The van der Waals surface area contributed by atoms with Crippen molar-refractivity contribution in [3.05, 3.63) is 78.0 Å². The van der Waals surface area contributed by atoms with E-state index in [4.69, 9.17) is 0 Å². The quantitative estimate of drug-likeness (QED) is 0.283. The minimum Gasteiger partial charge on any atom is -0.371 e. The second kappa shape index (κ2) is 13.1. The van der Waals surface area contributed by atoms with Crippen LogP contribution >= 0.6 is 0 Å². The first-order valence-corrected chi connectivity index (χ1v) is 15.0. The number of piperidine rings is 1. The molecule has 0 bridgehead atoms. The molecule has 0 unspecified atom stereocenters. The van der Waals surface area contributed by atoms with E-state index < -0.39 is 11.7 Å². The topological polar surface area (TPSA) is 45.2 Å². The first kappa shape index (κ1) is 29.2. The number of ketones is 1. The summed E-state index contributed by atoms with van der Waals surface area (Å²) >= 11 is 0. The summed E-state index contributed by atoms with van der Waals surface area (Å²) in [6, 6.07) is 18.3. The number of carbonyl (C=O) groups is 1. The summed E-state index contributed by atoms with van der Waals surface area (Å²) in [5.74, 6) is 2.17. The third kappa shape index (κ3) is 7.69. The van der Waals surface area contributed by atoms with E-state index in [0.717, 1.165) is 67.0 Å². The minimum atomic E-state index is -4.31. The molecule has 4 nitrogen and oxygen atoms in total. The van der Waals surface area contributed by atoms with Crippen molar-refractivity contribution in [3.8, 4) is 11.1 Å². The lowest BCUT2D eigenvalue weighted by Crippen LogP contribution is -2.39. The number of carbonyl (C=O) groups excluding carboxylic acids is 1. The van der Waals surface area contributed by atoms with Crippen LogP contribution in [0.3, 0.4) is 0 Å². The van der Waals surface area contributed by atoms with Crippen LogP contribution in [0.5, 0.6) is 0 Å². The Bertz CT molecular complexity index is 1310. The van der Waals surface area contributed by atoms with Crippen molar-refractivity contribution in [2.24, 2.45) is 11.8 Å². The molecule has 0 radical (unpaired) electrons. The Morgan fingerprint density at radius 1 is 0.976 bits per heavy atom. The molecule has 1 saturated carbocycles. The van der Waals surface area contributed by atoms with Crippen LogP contribution in [0.25, 0.3) is 11.1 Å². The van der Waals surface area contributed by atoms with Crippen molar-refractivity contribution in [1.29, 1.82) is 0 Å². The highest BCUT2D eigenvalue weighted by atomic mass is 19.4. The van der Waals surface area contributed by atoms with Gasteiger partial charge >= 0.3 is 6.18 Å². The highest BCUT2D eigenvalue weighted by Gasteiger charge is 2.32. The number of rotatable bonds is 9. The Labute approximate surface area is 241 Å². The van der Waals surface area contributed by atoms with Gasteiger partial charge in [0.25, 0.3) is 0 Å². The lowest BCUT2D eigenvalue weighted by molar-refractivity contribution is -0.137. The van der Waals surface area contributed by atoms with Crippen molar-refractivity contribution >= 4 is 17.3 Å². The number of halogens is 3. The van der Waals surface area contributed by atoms with Crippen LogP contribution in [0.2, 0.25) is 0 Å². The van der Waals surface area contributed by atoms with Crippen LogP contribution in [0, 0.1) is 11.8 Å². The van der Waals surface area contributed by atoms with Crippen molar-refractivity contribution in [2.75, 3.05) is 23.3 Å². The second-order valence-electron chi connectivity index (χ2n) is 11.7. The fraction of sp³-hybridized carbons (Fsp3) is 0.471. The predicted octanol–water partition coefficient (Wildman–Crippen LogP) is 8.57. The smallest absolute Gasteiger partial charge is 0.371 e. The van der Waals surface area contributed by atoms with Crippen LogP contribution in [0.15, 0.2) is 66.9 Å². The molecule has 3 atom stereocenters. The molecule has 41 heavy (non-hydrogen) atoms. The number of hydrogen-bond acceptors (Lipinski definition) is 4. The third-order valence-electron chi connectivity index (χ3n) is 8.77. The van der Waals surface area contributed by atoms with Gasteiger partial charge in [-0.25, -0.2) is 4.98 Å². The third-order valence-corrected chi connectivity index (χ3v) is 8.77. The molecule has 1 aromatic heterocycles. The van der Waals surface area contributed by atoms with Gasteiger partial charge in [-0.15, -0.1) is 0 Å². The van der Waals surface area contributed by atoms with Crippen molar-refractivity contribution < 1.29 is 18.0 Å². The van der Waals surface area contributed by atoms with Crippen LogP contribution in [-0.2, 0) is 17.4 Å². The van der Waals surface area contributed by atoms with Crippen molar-refractivity contribution in [3.63, 3.8) is 0 Å². The van der Waals surface area contributed by atoms with Gasteiger partial charge in [-0.05, 0) is 97.0 Å². The van der Waals surface area contributed by atoms with E-state index in [2.05, 4.69) is 33.4 Å². The standard InChI is InChI=1S/C34H40F3N3O/c1-2-31(41)21-24-7-5-10-26(19-24)27-16-17-38-33(22-27)39-32-11-4-3-9-28(32)20-25-8-6-18-40(23-25)30-14-12-29(13-15-30)34(35,36)37/h5,7,10,12-17,19,22,25,28,32H,2-4,6,8-9,11,18,20-21,23H2,1H3,(H,38,39)/t25-,28+,32-/m1/s1. The largest absolute Gasteiger partial charge is 0.416 e. The molecule has 2 heterocycles. The molecule has 2 aliphatic rings. The summed E-state index contributed by atoms with van der Waals surface area (Å²) < 4.78 is 39.1. The van der Waals surface area contributed by atoms with E-state index in [9.17, 15) is 18.0 Å². The molecule has 1 saturated heterocycles. The molecule has 5 rings (SSSR count).